The van der Waals surface area contributed by atoms with Crippen LogP contribution >= 0.6 is 15.9 Å². The second-order valence-corrected chi connectivity index (χ2v) is 4.56. The molecule has 0 heterocycles. The molecule has 2 rings (SSSR count). The molecule has 1 aliphatic rings. The van der Waals surface area contributed by atoms with Crippen LogP contribution in [0.25, 0.3) is 0 Å². The normalized spacial score (nSPS) is 20.1. The summed E-state index contributed by atoms with van der Waals surface area (Å²) in [5.41, 5.74) is 0.940. The molecular formula is C12H13BrO2. The first-order valence-electron chi connectivity index (χ1n) is 4.95. The minimum absolute atomic E-state index is 0.278. The lowest BCUT2D eigenvalue weighted by molar-refractivity contribution is 0.410. The van der Waals surface area contributed by atoms with E-state index in [0.717, 1.165) is 28.6 Å². The second kappa shape index (κ2) is 4.27. The highest BCUT2D eigenvalue weighted by atomic mass is 79.9. The molecule has 1 unspecified atom stereocenters. The molecule has 0 saturated carbocycles. The van der Waals surface area contributed by atoms with E-state index >= 15 is 0 Å². The number of methoxy groups -OCH3 is 1. The van der Waals surface area contributed by atoms with Crippen LogP contribution in [0.4, 0.5) is 0 Å². The van der Waals surface area contributed by atoms with Gasteiger partial charge in [0.1, 0.15) is 11.5 Å². The van der Waals surface area contributed by atoms with Gasteiger partial charge in [-0.2, -0.15) is 0 Å². The van der Waals surface area contributed by atoms with Crippen LogP contribution in [0.15, 0.2) is 28.8 Å². The summed E-state index contributed by atoms with van der Waals surface area (Å²) in [4.78, 5) is 0. The van der Waals surface area contributed by atoms with Gasteiger partial charge < -0.3 is 9.84 Å². The molecule has 2 nitrogen and oxygen atoms in total. The Morgan fingerprint density at radius 3 is 2.87 bits per heavy atom. The van der Waals surface area contributed by atoms with Crippen LogP contribution in [0.3, 0.4) is 0 Å². The topological polar surface area (TPSA) is 29.5 Å². The minimum atomic E-state index is 0.278. The van der Waals surface area contributed by atoms with Crippen molar-refractivity contribution in [3.8, 4) is 11.5 Å². The first-order valence-corrected chi connectivity index (χ1v) is 5.74. The largest absolute Gasteiger partial charge is 0.508 e. The monoisotopic (exact) mass is 268 g/mol. The number of benzene rings is 1. The molecule has 15 heavy (non-hydrogen) atoms. The maximum absolute atomic E-state index is 9.81. The minimum Gasteiger partial charge on any atom is -0.508 e. The molecule has 0 bridgehead atoms. The van der Waals surface area contributed by atoms with Crippen molar-refractivity contribution in [3.05, 3.63) is 34.3 Å². The number of halogens is 1. The standard InChI is InChI=1S/C12H13BrO2/c1-15-8-5-6-12(14)10(7-8)9-3-2-4-11(9)13/h4-7,9,14H,2-3H2,1H3. The summed E-state index contributed by atoms with van der Waals surface area (Å²) < 4.78 is 6.32. The molecule has 1 aromatic carbocycles. The van der Waals surface area contributed by atoms with Gasteiger partial charge in [-0.25, -0.2) is 0 Å². The van der Waals surface area contributed by atoms with Gasteiger partial charge in [0.2, 0.25) is 0 Å². The van der Waals surface area contributed by atoms with E-state index in [9.17, 15) is 5.11 Å². The maximum Gasteiger partial charge on any atom is 0.119 e. The summed E-state index contributed by atoms with van der Waals surface area (Å²) >= 11 is 3.53. The zero-order valence-electron chi connectivity index (χ0n) is 8.53. The molecule has 1 N–H and O–H groups in total. The third-order valence-electron chi connectivity index (χ3n) is 2.74. The van der Waals surface area contributed by atoms with Crippen LogP contribution in [0.5, 0.6) is 11.5 Å². The molecule has 0 aliphatic heterocycles. The van der Waals surface area contributed by atoms with Crippen LogP contribution < -0.4 is 4.74 Å². The van der Waals surface area contributed by atoms with Crippen LogP contribution in [0, 0.1) is 0 Å². The fourth-order valence-electron chi connectivity index (χ4n) is 1.91. The average molecular weight is 269 g/mol. The summed E-state index contributed by atoms with van der Waals surface area (Å²) in [5.74, 6) is 1.41. The molecule has 3 heteroatoms. The van der Waals surface area contributed by atoms with Crippen molar-refractivity contribution in [2.75, 3.05) is 7.11 Å². The number of phenolic OH excluding ortho intramolecular Hbond substituents is 1. The van der Waals surface area contributed by atoms with Crippen molar-refractivity contribution in [2.24, 2.45) is 0 Å². The number of aromatic hydroxyl groups is 1. The number of ether oxygens (including phenoxy) is 1. The molecule has 0 amide bonds. The fraction of sp³-hybridized carbons (Fsp3) is 0.333. The predicted octanol–water partition coefficient (Wildman–Crippen LogP) is 3.56. The highest BCUT2D eigenvalue weighted by Crippen LogP contribution is 2.42. The molecule has 0 saturated heterocycles. The molecule has 0 spiro atoms. The van der Waals surface area contributed by atoms with Gasteiger partial charge in [0.15, 0.2) is 0 Å². The number of allylic oxidation sites excluding steroid dienone is 2. The summed E-state index contributed by atoms with van der Waals surface area (Å²) in [6.07, 6.45) is 4.26. The van der Waals surface area contributed by atoms with Crippen molar-refractivity contribution in [2.45, 2.75) is 18.8 Å². The van der Waals surface area contributed by atoms with E-state index in [1.54, 1.807) is 19.2 Å². The van der Waals surface area contributed by atoms with Crippen LogP contribution in [0.2, 0.25) is 0 Å². The van der Waals surface area contributed by atoms with Crippen molar-refractivity contribution in [1.82, 2.24) is 0 Å². The highest BCUT2D eigenvalue weighted by molar-refractivity contribution is 9.11. The van der Waals surface area contributed by atoms with Crippen molar-refractivity contribution in [3.63, 3.8) is 0 Å². The first-order chi connectivity index (χ1) is 7.22. The fourth-order valence-corrected chi connectivity index (χ4v) is 2.62. The summed E-state index contributed by atoms with van der Waals surface area (Å²) in [6.45, 7) is 0. The quantitative estimate of drug-likeness (QED) is 0.889. The smallest absolute Gasteiger partial charge is 0.119 e. The Morgan fingerprint density at radius 2 is 2.27 bits per heavy atom. The molecule has 0 radical (unpaired) electrons. The zero-order valence-corrected chi connectivity index (χ0v) is 10.1. The zero-order chi connectivity index (χ0) is 10.8. The van der Waals surface area contributed by atoms with E-state index in [2.05, 4.69) is 22.0 Å². The van der Waals surface area contributed by atoms with E-state index in [-0.39, 0.29) is 5.92 Å². The maximum atomic E-state index is 9.81. The SMILES string of the molecule is COc1ccc(O)c(C2CCC=C2Br)c1. The molecule has 80 valence electrons. The molecule has 0 aromatic heterocycles. The third-order valence-corrected chi connectivity index (χ3v) is 3.61. The predicted molar refractivity (Wildman–Crippen MR) is 63.6 cm³/mol. The van der Waals surface area contributed by atoms with Crippen LogP contribution in [0.1, 0.15) is 24.3 Å². The average Bonchev–Trinajstić information content (AvgIpc) is 2.65. The number of phenols is 1. The third kappa shape index (κ3) is 2.02. The van der Waals surface area contributed by atoms with Gasteiger partial charge in [0, 0.05) is 11.5 Å². The van der Waals surface area contributed by atoms with Gasteiger partial charge in [-0.1, -0.05) is 22.0 Å². The van der Waals surface area contributed by atoms with Crippen LogP contribution in [-0.2, 0) is 0 Å². The van der Waals surface area contributed by atoms with Gasteiger partial charge in [-0.3, -0.25) is 0 Å². The lowest BCUT2D eigenvalue weighted by Crippen LogP contribution is -1.95. The molecular weight excluding hydrogens is 256 g/mol. The summed E-state index contributed by atoms with van der Waals surface area (Å²) in [5, 5.41) is 9.81. The van der Waals surface area contributed by atoms with Crippen LogP contribution in [-0.4, -0.2) is 12.2 Å². The van der Waals surface area contributed by atoms with Gasteiger partial charge in [0.05, 0.1) is 7.11 Å². The van der Waals surface area contributed by atoms with Gasteiger partial charge in [0.25, 0.3) is 0 Å². The van der Waals surface area contributed by atoms with Crippen molar-refractivity contribution < 1.29 is 9.84 Å². The van der Waals surface area contributed by atoms with Gasteiger partial charge in [-0.15, -0.1) is 0 Å². The number of hydrogen-bond acceptors (Lipinski definition) is 2. The van der Waals surface area contributed by atoms with Crippen molar-refractivity contribution in [1.29, 1.82) is 0 Å². The van der Waals surface area contributed by atoms with E-state index in [1.807, 2.05) is 6.07 Å². The Balaban J connectivity index is 2.38. The van der Waals surface area contributed by atoms with E-state index in [4.69, 9.17) is 4.74 Å². The number of rotatable bonds is 2. The van der Waals surface area contributed by atoms with E-state index < -0.39 is 0 Å². The lowest BCUT2D eigenvalue weighted by Gasteiger charge is -2.14. The number of hydrogen-bond donors (Lipinski definition) is 1. The van der Waals surface area contributed by atoms with Gasteiger partial charge >= 0.3 is 0 Å². The lowest BCUT2D eigenvalue weighted by atomic mass is 9.97. The Bertz CT molecular complexity index is 399. The first kappa shape index (κ1) is 10.6. The molecule has 0 fully saturated rings. The van der Waals surface area contributed by atoms with Gasteiger partial charge in [-0.05, 0) is 35.5 Å². The Labute approximate surface area is 97.7 Å². The van der Waals surface area contributed by atoms with E-state index in [0.29, 0.717) is 5.75 Å². The Morgan fingerprint density at radius 1 is 1.47 bits per heavy atom. The summed E-state index contributed by atoms with van der Waals surface area (Å²) in [6, 6.07) is 5.36. The van der Waals surface area contributed by atoms with E-state index in [1.165, 1.54) is 0 Å². The van der Waals surface area contributed by atoms with Crippen molar-refractivity contribution >= 4 is 15.9 Å². The molecule has 1 aliphatic carbocycles. The molecule has 1 aromatic rings. The second-order valence-electron chi connectivity index (χ2n) is 3.64. The Hall–Kier alpha value is -0.960. The Kier molecular flexibility index (Phi) is 3.00. The molecule has 1 atom stereocenters. The summed E-state index contributed by atoms with van der Waals surface area (Å²) in [7, 11) is 1.63. The highest BCUT2D eigenvalue weighted by Gasteiger charge is 2.22.